The Kier molecular flexibility index (Phi) is 6.81. The van der Waals surface area contributed by atoms with Gasteiger partial charge in [0.05, 0.1) is 37.3 Å². The molecule has 3 N–H and O–H groups in total. The van der Waals surface area contributed by atoms with Gasteiger partial charge in [0.2, 0.25) is 5.95 Å². The van der Waals surface area contributed by atoms with Crippen molar-refractivity contribution in [3.8, 4) is 11.8 Å². The molecular weight excluding hydrogens is 462 g/mol. The number of amides is 1. The second-order valence-corrected chi connectivity index (χ2v) is 8.89. The number of rotatable bonds is 8. The predicted octanol–water partition coefficient (Wildman–Crippen LogP) is 1.11. The number of pyridine rings is 2. The zero-order valence-electron chi connectivity index (χ0n) is 19.4. The minimum Gasteiger partial charge on any atom is -0.377 e. The maximum absolute atomic E-state index is 12.3. The monoisotopic (exact) mass is 487 g/mol. The van der Waals surface area contributed by atoms with Crippen LogP contribution in [0.25, 0.3) is 5.69 Å². The number of aromatic nitrogens is 5. The summed E-state index contributed by atoms with van der Waals surface area (Å²) in [7, 11) is 0. The van der Waals surface area contributed by atoms with Crippen molar-refractivity contribution in [2.24, 2.45) is 5.92 Å². The van der Waals surface area contributed by atoms with Crippen molar-refractivity contribution in [1.82, 2.24) is 30.0 Å². The van der Waals surface area contributed by atoms with Crippen molar-refractivity contribution in [2.45, 2.75) is 31.3 Å². The average molecular weight is 488 g/mol. The third-order valence-corrected chi connectivity index (χ3v) is 6.30. The molecule has 0 spiro atoms. The molecule has 2 atom stereocenters. The Hall–Kier alpha value is -4.37. The lowest BCUT2D eigenvalue weighted by Crippen LogP contribution is -2.48. The maximum Gasteiger partial charge on any atom is 0.273 e. The maximum atomic E-state index is 12.3. The summed E-state index contributed by atoms with van der Waals surface area (Å²) < 4.78 is 6.45. The number of nitrogens with zero attached hydrogens (tertiary/aromatic N) is 6. The van der Waals surface area contributed by atoms with Gasteiger partial charge in [-0.1, -0.05) is 0 Å². The van der Waals surface area contributed by atoms with Crippen molar-refractivity contribution in [3.63, 3.8) is 0 Å². The van der Waals surface area contributed by atoms with Crippen molar-refractivity contribution in [1.29, 1.82) is 5.26 Å². The van der Waals surface area contributed by atoms with E-state index in [1.54, 1.807) is 24.5 Å². The molecule has 12 heteroatoms. The zero-order chi connectivity index (χ0) is 24.9. The number of nitrogens with one attached hydrogen (secondary N) is 3. The van der Waals surface area contributed by atoms with Gasteiger partial charge < -0.3 is 20.7 Å². The van der Waals surface area contributed by atoms with Crippen LogP contribution >= 0.6 is 0 Å². The predicted molar refractivity (Wildman–Crippen MR) is 130 cm³/mol. The number of carbonyl (C=O) groups excluding carboxylic acids is 1. The summed E-state index contributed by atoms with van der Waals surface area (Å²) in [5, 5.41) is 26.5. The fourth-order valence-corrected chi connectivity index (χ4v) is 4.27. The summed E-state index contributed by atoms with van der Waals surface area (Å²) in [5.74, 6) is 1.25. The van der Waals surface area contributed by atoms with Crippen molar-refractivity contribution < 1.29 is 9.53 Å². The molecule has 3 aromatic heterocycles. The summed E-state index contributed by atoms with van der Waals surface area (Å²) in [5.41, 5.74) is 0.506. The van der Waals surface area contributed by atoms with Crippen LogP contribution in [0.2, 0.25) is 0 Å². The van der Waals surface area contributed by atoms with E-state index in [-0.39, 0.29) is 34.8 Å². The molecule has 0 bridgehead atoms. The molecule has 1 aliphatic heterocycles. The van der Waals surface area contributed by atoms with Crippen molar-refractivity contribution in [3.05, 3.63) is 64.5 Å². The van der Waals surface area contributed by atoms with E-state index in [1.807, 2.05) is 12.1 Å². The molecular formula is C24H25N9O3. The Labute approximate surface area is 206 Å². The summed E-state index contributed by atoms with van der Waals surface area (Å²) in [6, 6.07) is 9.01. The molecule has 1 saturated carbocycles. The summed E-state index contributed by atoms with van der Waals surface area (Å²) in [6.07, 6.45) is 7.65. The molecule has 1 aliphatic carbocycles. The highest BCUT2D eigenvalue weighted by Crippen LogP contribution is 2.28. The minimum atomic E-state index is -0.366. The van der Waals surface area contributed by atoms with Crippen LogP contribution in [0.3, 0.4) is 0 Å². The molecule has 12 nitrogen and oxygen atoms in total. The quantitative estimate of drug-likeness (QED) is 0.420. The molecule has 3 aromatic rings. The Morgan fingerprint density at radius 3 is 2.72 bits per heavy atom. The number of nitriles is 1. The van der Waals surface area contributed by atoms with Gasteiger partial charge in [-0.2, -0.15) is 5.26 Å². The highest BCUT2D eigenvalue weighted by molar-refractivity contribution is 5.92. The lowest BCUT2D eigenvalue weighted by atomic mass is 10.1. The van der Waals surface area contributed by atoms with Crippen LogP contribution in [0.1, 0.15) is 35.3 Å². The van der Waals surface area contributed by atoms with Gasteiger partial charge in [-0.25, -0.2) is 9.97 Å². The van der Waals surface area contributed by atoms with Gasteiger partial charge in [0.25, 0.3) is 11.5 Å². The van der Waals surface area contributed by atoms with Crippen molar-refractivity contribution in [2.75, 3.05) is 30.4 Å². The van der Waals surface area contributed by atoms with Crippen LogP contribution < -0.4 is 21.5 Å². The molecule has 1 saturated heterocycles. The molecule has 4 heterocycles. The molecule has 184 valence electrons. The molecule has 5 rings (SSSR count). The summed E-state index contributed by atoms with van der Waals surface area (Å²) >= 11 is 0. The number of hydrogen-bond acceptors (Lipinski definition) is 10. The van der Waals surface area contributed by atoms with E-state index >= 15 is 0 Å². The van der Waals surface area contributed by atoms with Crippen LogP contribution in [-0.4, -0.2) is 62.5 Å². The van der Waals surface area contributed by atoms with Crippen LogP contribution in [-0.2, 0) is 4.74 Å². The third kappa shape index (κ3) is 5.31. The van der Waals surface area contributed by atoms with E-state index in [1.165, 1.54) is 16.8 Å². The van der Waals surface area contributed by atoms with E-state index in [2.05, 4.69) is 36.1 Å². The van der Waals surface area contributed by atoms with Gasteiger partial charge in [-0.15, -0.1) is 10.2 Å². The van der Waals surface area contributed by atoms with E-state index in [0.29, 0.717) is 37.3 Å². The second kappa shape index (κ2) is 10.5. The van der Waals surface area contributed by atoms with E-state index < -0.39 is 0 Å². The van der Waals surface area contributed by atoms with Crippen LogP contribution in [0.15, 0.2) is 47.7 Å². The van der Waals surface area contributed by atoms with E-state index in [0.717, 1.165) is 25.1 Å². The zero-order valence-corrected chi connectivity index (χ0v) is 19.4. The molecule has 2 aliphatic rings. The third-order valence-electron chi connectivity index (χ3n) is 6.30. The largest absolute Gasteiger partial charge is 0.377 e. The Morgan fingerprint density at radius 1 is 1.14 bits per heavy atom. The first-order valence-corrected chi connectivity index (χ1v) is 11.8. The highest BCUT2D eigenvalue weighted by Gasteiger charge is 2.25. The van der Waals surface area contributed by atoms with Gasteiger partial charge in [0, 0.05) is 18.8 Å². The first kappa shape index (κ1) is 23.4. The number of carbonyl (C=O) groups is 1. The standard InChI is InChI=1S/C24H25N9O3/c25-9-16-2-1-7-33(23(16)35)19-5-6-21(26-11-19)29-17-4-3-15(8-17)10-27-24-28-12-20(31-32-24)22(34)30-18-13-36-14-18/h1-2,5-7,11-12,15,17-18H,3-4,8,10,13-14H2,(H,26,29)(H,30,34)(H,27,28,32)/t15?,17-/m0/s1. The van der Waals surface area contributed by atoms with Crippen LogP contribution in [0.4, 0.5) is 11.8 Å². The first-order chi connectivity index (χ1) is 17.6. The summed E-state index contributed by atoms with van der Waals surface area (Å²) in [4.78, 5) is 33.0. The molecule has 1 unspecified atom stereocenters. The molecule has 1 amide bonds. The smallest absolute Gasteiger partial charge is 0.273 e. The lowest BCUT2D eigenvalue weighted by Gasteiger charge is -2.26. The SMILES string of the molecule is N#Cc1cccn(-c2ccc(N[C@H]3CCC(CNc4ncc(C(=O)NC5COC5)nn4)C3)nc2)c1=O. The molecule has 36 heavy (non-hydrogen) atoms. The fourth-order valence-electron chi connectivity index (χ4n) is 4.27. The van der Waals surface area contributed by atoms with Gasteiger partial charge in [0.1, 0.15) is 17.5 Å². The van der Waals surface area contributed by atoms with E-state index in [4.69, 9.17) is 10.00 Å². The van der Waals surface area contributed by atoms with Gasteiger partial charge in [-0.05, 0) is 49.4 Å². The first-order valence-electron chi connectivity index (χ1n) is 11.8. The topological polar surface area (TPSA) is 160 Å². The Balaban J connectivity index is 1.09. The second-order valence-electron chi connectivity index (χ2n) is 8.89. The Morgan fingerprint density at radius 2 is 2.03 bits per heavy atom. The lowest BCUT2D eigenvalue weighted by molar-refractivity contribution is -0.00357. The minimum absolute atomic E-state index is 0.0280. The number of ether oxygens (including phenoxy) is 1. The number of hydrogen-bond donors (Lipinski definition) is 3. The molecule has 0 radical (unpaired) electrons. The van der Waals surface area contributed by atoms with Gasteiger partial charge >= 0.3 is 0 Å². The average Bonchev–Trinajstić information content (AvgIpc) is 3.33. The van der Waals surface area contributed by atoms with E-state index in [9.17, 15) is 9.59 Å². The molecule has 0 aromatic carbocycles. The number of anilines is 2. The van der Waals surface area contributed by atoms with Gasteiger partial charge in [-0.3, -0.25) is 14.2 Å². The van der Waals surface area contributed by atoms with Crippen molar-refractivity contribution >= 4 is 17.7 Å². The molecule has 2 fully saturated rings. The highest BCUT2D eigenvalue weighted by atomic mass is 16.5. The van der Waals surface area contributed by atoms with Gasteiger partial charge in [0.15, 0.2) is 5.69 Å². The fraction of sp³-hybridized carbons (Fsp3) is 0.375. The summed E-state index contributed by atoms with van der Waals surface area (Å²) in [6.45, 7) is 1.74. The normalized spacial score (nSPS) is 19.2. The Bertz CT molecular complexity index is 1310. The van der Waals surface area contributed by atoms with Crippen LogP contribution in [0.5, 0.6) is 0 Å². The van der Waals surface area contributed by atoms with Crippen LogP contribution in [0, 0.1) is 17.2 Å².